The Labute approximate surface area is 351 Å². The number of halogens is 2. The Kier molecular flexibility index (Phi) is 11.6. The van der Waals surface area contributed by atoms with Gasteiger partial charge in [-0.1, -0.05) is 12.1 Å². The number of para-hydroxylation sites is 1. The Balaban J connectivity index is 0.822. The highest BCUT2D eigenvalue weighted by atomic mass is 19.1. The standard InChI is InChI=1S/C45H48F2N10O4/c46-30-22-29(23-31(47)25-30)21-28-5-8-36-35(24-28)43(54-53-36)52-44(59)34-7-6-33(26-38(34)50-32-11-19-61-20-12-32)56-17-15-55(16-18-56)14-2-13-48-37-3-1-4-39-42(37)49-27-57(39)40-9-10-41(58)51-45(40)60/h1,3-8,22-27,32,40,48,50H,2,9-21H2,(H,51,58,60)(H2,52,53,54,59). The number of carbonyl (C=O) groups is 3. The number of ether oxygens (including phenoxy) is 1. The number of nitrogens with zero attached hydrogens (tertiary/aromatic N) is 5. The number of hydrogen-bond acceptors (Lipinski definition) is 10. The summed E-state index contributed by atoms with van der Waals surface area (Å²) in [5.74, 6) is -1.71. The van der Waals surface area contributed by atoms with Crippen LogP contribution in [0.5, 0.6) is 0 Å². The SMILES string of the molecule is O=C1CCC(n2cnc3c(NCCCN4CCN(c5ccc(C(=O)Nc6n[nH]c7ccc(Cc8cc(F)cc(F)c8)cc67)c(NC6CCOCC6)c5)CC4)cccc32)C(=O)N1. The molecule has 4 aromatic carbocycles. The lowest BCUT2D eigenvalue weighted by Gasteiger charge is -2.36. The van der Waals surface area contributed by atoms with Gasteiger partial charge in [0, 0.05) is 81.2 Å². The van der Waals surface area contributed by atoms with Gasteiger partial charge in [-0.15, -0.1) is 0 Å². The minimum atomic E-state index is -0.626. The molecule has 0 saturated carbocycles. The van der Waals surface area contributed by atoms with Crippen molar-refractivity contribution in [3.05, 3.63) is 107 Å². The summed E-state index contributed by atoms with van der Waals surface area (Å²) in [7, 11) is 0. The second-order valence-electron chi connectivity index (χ2n) is 16.0. The van der Waals surface area contributed by atoms with Gasteiger partial charge in [-0.3, -0.25) is 29.7 Å². The average molecular weight is 831 g/mol. The Morgan fingerprint density at radius 3 is 2.51 bits per heavy atom. The molecule has 3 aliphatic rings. The fourth-order valence-corrected chi connectivity index (χ4v) is 8.65. The van der Waals surface area contributed by atoms with Crippen LogP contribution in [0.15, 0.2) is 79.1 Å². The van der Waals surface area contributed by atoms with E-state index in [1.54, 1.807) is 6.33 Å². The number of imidazole rings is 1. The summed E-state index contributed by atoms with van der Waals surface area (Å²) in [6.45, 7) is 6.51. The van der Waals surface area contributed by atoms with Crippen molar-refractivity contribution in [2.24, 2.45) is 0 Å². The Morgan fingerprint density at radius 1 is 0.885 bits per heavy atom. The highest BCUT2D eigenvalue weighted by molar-refractivity contribution is 6.11. The number of benzene rings is 4. The molecule has 0 aliphatic carbocycles. The van der Waals surface area contributed by atoms with Crippen LogP contribution in [0, 0.1) is 11.6 Å². The van der Waals surface area contributed by atoms with E-state index in [0.717, 1.165) is 104 Å². The number of piperazine rings is 1. The van der Waals surface area contributed by atoms with Crippen LogP contribution in [0.25, 0.3) is 21.9 Å². The molecule has 6 aromatic rings. The first kappa shape index (κ1) is 40.0. The number of nitrogens with one attached hydrogen (secondary N) is 5. The van der Waals surface area contributed by atoms with Gasteiger partial charge >= 0.3 is 0 Å². The first-order chi connectivity index (χ1) is 29.7. The number of aromatic nitrogens is 4. The molecular formula is C45H48F2N10O4. The van der Waals surface area contributed by atoms with Gasteiger partial charge in [-0.2, -0.15) is 5.10 Å². The quantitative estimate of drug-likeness (QED) is 0.0667. The number of rotatable bonds is 13. The Morgan fingerprint density at radius 2 is 1.70 bits per heavy atom. The number of fused-ring (bicyclic) bond motifs is 2. The van der Waals surface area contributed by atoms with Crippen molar-refractivity contribution in [2.45, 2.75) is 50.6 Å². The van der Waals surface area contributed by atoms with Crippen LogP contribution in [-0.4, -0.2) is 101 Å². The van der Waals surface area contributed by atoms with Crippen LogP contribution in [0.3, 0.4) is 0 Å². The van der Waals surface area contributed by atoms with E-state index in [0.29, 0.717) is 54.8 Å². The van der Waals surface area contributed by atoms with Crippen LogP contribution in [0.1, 0.15) is 59.6 Å². The Hall–Kier alpha value is -6.39. The van der Waals surface area contributed by atoms with Gasteiger partial charge in [0.05, 0.1) is 28.6 Å². The molecule has 0 spiro atoms. The third-order valence-electron chi connectivity index (χ3n) is 11.9. The average Bonchev–Trinajstić information content (AvgIpc) is 3.87. The van der Waals surface area contributed by atoms with Gasteiger partial charge in [0.1, 0.15) is 23.2 Å². The molecular weight excluding hydrogens is 783 g/mol. The van der Waals surface area contributed by atoms with Crippen LogP contribution >= 0.6 is 0 Å². The van der Waals surface area contributed by atoms with Crippen molar-refractivity contribution in [1.29, 1.82) is 0 Å². The molecule has 2 aromatic heterocycles. The van der Waals surface area contributed by atoms with Gasteiger partial charge < -0.3 is 30.2 Å². The first-order valence-corrected chi connectivity index (χ1v) is 21.0. The number of piperidine rings is 1. The van der Waals surface area contributed by atoms with Gasteiger partial charge in [-0.25, -0.2) is 13.8 Å². The number of imide groups is 1. The van der Waals surface area contributed by atoms with Crippen molar-refractivity contribution in [1.82, 2.24) is 30.0 Å². The smallest absolute Gasteiger partial charge is 0.258 e. The summed E-state index contributed by atoms with van der Waals surface area (Å²) in [6.07, 6.45) is 5.38. The lowest BCUT2D eigenvalue weighted by atomic mass is 10.0. The monoisotopic (exact) mass is 830 g/mol. The van der Waals surface area contributed by atoms with E-state index in [1.807, 2.05) is 53.1 Å². The van der Waals surface area contributed by atoms with Gasteiger partial charge in [-0.05, 0) is 104 Å². The maximum absolute atomic E-state index is 14.0. The third kappa shape index (κ3) is 9.05. The molecule has 3 fully saturated rings. The van der Waals surface area contributed by atoms with Crippen LogP contribution in [0.4, 0.5) is 31.7 Å². The highest BCUT2D eigenvalue weighted by Gasteiger charge is 2.29. The minimum Gasteiger partial charge on any atom is -0.383 e. The summed E-state index contributed by atoms with van der Waals surface area (Å²) in [5.41, 5.74) is 6.93. The fourth-order valence-electron chi connectivity index (χ4n) is 8.65. The van der Waals surface area contributed by atoms with Crippen LogP contribution in [-0.2, 0) is 20.7 Å². The van der Waals surface area contributed by atoms with Crippen molar-refractivity contribution >= 4 is 62.5 Å². The third-order valence-corrected chi connectivity index (χ3v) is 11.9. The largest absolute Gasteiger partial charge is 0.383 e. The first-order valence-electron chi connectivity index (χ1n) is 21.0. The fraction of sp³-hybridized carbons (Fsp3) is 0.356. The van der Waals surface area contributed by atoms with E-state index in [1.165, 1.54) is 12.1 Å². The molecule has 3 amide bonds. The summed E-state index contributed by atoms with van der Waals surface area (Å²) in [6, 6.07) is 20.6. The van der Waals surface area contributed by atoms with Crippen molar-refractivity contribution in [3.63, 3.8) is 0 Å². The predicted molar refractivity (Wildman–Crippen MR) is 230 cm³/mol. The number of anilines is 4. The predicted octanol–water partition coefficient (Wildman–Crippen LogP) is 6.23. The molecule has 316 valence electrons. The lowest BCUT2D eigenvalue weighted by molar-refractivity contribution is -0.135. The van der Waals surface area contributed by atoms with E-state index in [2.05, 4.69) is 52.3 Å². The number of carbonyl (C=O) groups excluding carboxylic acids is 3. The molecule has 9 rings (SSSR count). The van der Waals surface area contributed by atoms with E-state index in [-0.39, 0.29) is 23.8 Å². The zero-order chi connectivity index (χ0) is 41.9. The van der Waals surface area contributed by atoms with Gasteiger partial charge in [0.25, 0.3) is 5.91 Å². The summed E-state index contributed by atoms with van der Waals surface area (Å²) < 4.78 is 35.2. The van der Waals surface area contributed by atoms with E-state index in [9.17, 15) is 23.2 Å². The number of H-pyrrole nitrogens is 1. The molecule has 0 bridgehead atoms. The molecule has 61 heavy (non-hydrogen) atoms. The van der Waals surface area contributed by atoms with Crippen LogP contribution in [0.2, 0.25) is 0 Å². The highest BCUT2D eigenvalue weighted by Crippen LogP contribution is 2.31. The summed E-state index contributed by atoms with van der Waals surface area (Å²) >= 11 is 0. The van der Waals surface area contributed by atoms with Crippen molar-refractivity contribution in [3.8, 4) is 0 Å². The topological polar surface area (TPSA) is 162 Å². The Bertz CT molecular complexity index is 2560. The molecule has 16 heteroatoms. The maximum atomic E-state index is 14.0. The summed E-state index contributed by atoms with van der Waals surface area (Å²) in [5, 5.41) is 20.7. The van der Waals surface area contributed by atoms with Crippen molar-refractivity contribution in [2.75, 3.05) is 73.3 Å². The number of aromatic amines is 1. The van der Waals surface area contributed by atoms with Gasteiger partial charge in [0.15, 0.2) is 5.82 Å². The van der Waals surface area contributed by atoms with E-state index in [4.69, 9.17) is 4.74 Å². The van der Waals surface area contributed by atoms with E-state index < -0.39 is 17.7 Å². The molecule has 1 atom stereocenters. The minimum absolute atomic E-state index is 0.162. The van der Waals surface area contributed by atoms with Gasteiger partial charge in [0.2, 0.25) is 11.8 Å². The number of hydrogen-bond donors (Lipinski definition) is 5. The van der Waals surface area contributed by atoms with Crippen molar-refractivity contribution < 1.29 is 27.9 Å². The van der Waals surface area contributed by atoms with Crippen LogP contribution < -0.4 is 26.2 Å². The second kappa shape index (κ2) is 17.7. The molecule has 3 saturated heterocycles. The second-order valence-corrected chi connectivity index (χ2v) is 16.0. The normalized spacial score (nSPS) is 17.8. The summed E-state index contributed by atoms with van der Waals surface area (Å²) in [4.78, 5) is 47.6. The zero-order valence-corrected chi connectivity index (χ0v) is 33.7. The zero-order valence-electron chi connectivity index (χ0n) is 33.7. The molecule has 5 N–H and O–H groups in total. The lowest BCUT2D eigenvalue weighted by Crippen LogP contribution is -2.46. The molecule has 14 nitrogen and oxygen atoms in total. The molecule has 3 aliphatic heterocycles. The molecule has 1 unspecified atom stereocenters. The van der Waals surface area contributed by atoms with E-state index >= 15 is 0 Å². The molecule has 0 radical (unpaired) electrons. The molecule has 5 heterocycles. The number of amides is 3. The maximum Gasteiger partial charge on any atom is 0.258 e.